The smallest absolute Gasteiger partial charge is 0.192 e. The van der Waals surface area contributed by atoms with Gasteiger partial charge in [-0.1, -0.05) is 52.0 Å². The lowest BCUT2D eigenvalue weighted by molar-refractivity contribution is -0.118. The van der Waals surface area contributed by atoms with Gasteiger partial charge in [-0.15, -0.1) is 11.8 Å². The van der Waals surface area contributed by atoms with Crippen molar-refractivity contribution in [3.63, 3.8) is 0 Å². The minimum absolute atomic E-state index is 0.0187. The lowest BCUT2D eigenvalue weighted by Crippen LogP contribution is -2.45. The van der Waals surface area contributed by atoms with E-state index in [2.05, 4.69) is 70.0 Å². The molecule has 1 aliphatic carbocycles. The van der Waals surface area contributed by atoms with Crippen molar-refractivity contribution in [1.82, 2.24) is 0 Å². The molecule has 0 spiro atoms. The largest absolute Gasteiger partial charge is 0.489 e. The molecule has 0 N–H and O–H groups in total. The highest BCUT2D eigenvalue weighted by Crippen LogP contribution is 2.54. The Balaban J connectivity index is 1.90. The van der Waals surface area contributed by atoms with Crippen LogP contribution in [0.3, 0.4) is 0 Å². The van der Waals surface area contributed by atoms with Crippen LogP contribution in [0.5, 0.6) is 5.75 Å². The van der Waals surface area contributed by atoms with E-state index in [0.29, 0.717) is 12.8 Å². The summed E-state index contributed by atoms with van der Waals surface area (Å²) in [6.07, 6.45) is 7.58. The Bertz CT molecular complexity index is 1050. The first-order valence-electron chi connectivity index (χ1n) is 13.4. The minimum atomic E-state index is -2.01. The molecular formula is C31H44O4Si. The number of hydrogen-bond acceptors (Lipinski definition) is 4. The standard InChI is InChI=1S/C31H44O4Si/c1-9-10-13-21(2)26(33)19-18-24-27(35-36(7,8)31(4,5)6)20-28-29(24)25-17-12-16-23(30(25)34-28)15-11-14-22(3)32/h12,16-19,21,24,27-29H,11,13-15,20H2,1-8H3/b19-18+/t21-,24-,27+,28-,29-/m0/s1. The van der Waals surface area contributed by atoms with Crippen LogP contribution in [-0.2, 0) is 20.4 Å². The average Bonchev–Trinajstić information content (AvgIpc) is 3.30. The molecule has 2 aliphatic rings. The Kier molecular flexibility index (Phi) is 9.06. The van der Waals surface area contributed by atoms with Crippen LogP contribution in [0.15, 0.2) is 30.4 Å². The molecule has 1 heterocycles. The van der Waals surface area contributed by atoms with Gasteiger partial charge < -0.3 is 14.0 Å². The summed E-state index contributed by atoms with van der Waals surface area (Å²) in [7, 11) is -2.01. The van der Waals surface area contributed by atoms with E-state index in [1.807, 2.05) is 6.92 Å². The van der Waals surface area contributed by atoms with Crippen molar-refractivity contribution >= 4 is 19.9 Å². The summed E-state index contributed by atoms with van der Waals surface area (Å²) in [4.78, 5) is 24.3. The van der Waals surface area contributed by atoms with Crippen LogP contribution in [0.2, 0.25) is 18.1 Å². The van der Waals surface area contributed by atoms with E-state index < -0.39 is 8.32 Å². The number of ketones is 2. The lowest BCUT2D eigenvalue weighted by Gasteiger charge is -2.40. The van der Waals surface area contributed by atoms with Gasteiger partial charge in [0.2, 0.25) is 0 Å². The number of benzene rings is 1. The second-order valence-electron chi connectivity index (χ2n) is 12.1. The number of ether oxygens (including phenoxy) is 1. The van der Waals surface area contributed by atoms with E-state index >= 15 is 0 Å². The zero-order valence-corrected chi connectivity index (χ0v) is 24.4. The molecule has 0 bridgehead atoms. The molecule has 1 fully saturated rings. The Morgan fingerprint density at radius 2 is 2.00 bits per heavy atom. The average molecular weight is 509 g/mol. The number of carbonyl (C=O) groups is 2. The predicted octanol–water partition coefficient (Wildman–Crippen LogP) is 7.03. The summed E-state index contributed by atoms with van der Waals surface area (Å²) < 4.78 is 13.5. The number of fused-ring (bicyclic) bond motifs is 3. The molecule has 0 aromatic heterocycles. The van der Waals surface area contributed by atoms with Gasteiger partial charge in [-0.05, 0) is 56.5 Å². The Morgan fingerprint density at radius 3 is 2.64 bits per heavy atom. The first-order valence-corrected chi connectivity index (χ1v) is 16.3. The van der Waals surface area contributed by atoms with Crippen LogP contribution in [0.1, 0.15) is 84.3 Å². The number of para-hydroxylation sites is 1. The van der Waals surface area contributed by atoms with Gasteiger partial charge in [-0.2, -0.15) is 0 Å². The number of Topliss-reactive ketones (excluding diaryl/α,β-unsaturated/α-hetero) is 1. The SMILES string of the molecule is CC#CC[C@H](C)C(=O)/C=C/[C@@H]1[C@H]2c3cccc(CCCC(C)=O)c3O[C@H]2C[C@H]1O[Si](C)(C)C(C)(C)C. The first kappa shape index (κ1) is 28.4. The van der Waals surface area contributed by atoms with E-state index in [1.165, 1.54) is 11.1 Å². The van der Waals surface area contributed by atoms with Gasteiger partial charge in [-0.3, -0.25) is 4.79 Å². The fraction of sp³-hybridized carbons (Fsp3) is 0.613. The zero-order chi connectivity index (χ0) is 26.7. The summed E-state index contributed by atoms with van der Waals surface area (Å²) >= 11 is 0. The summed E-state index contributed by atoms with van der Waals surface area (Å²) in [6.45, 7) is 16.8. The zero-order valence-electron chi connectivity index (χ0n) is 23.4. The maximum Gasteiger partial charge on any atom is 0.192 e. The molecule has 1 aliphatic heterocycles. The van der Waals surface area contributed by atoms with Gasteiger partial charge in [-0.25, -0.2) is 0 Å². The summed E-state index contributed by atoms with van der Waals surface area (Å²) in [5, 5.41) is 0.102. The molecule has 36 heavy (non-hydrogen) atoms. The normalized spacial score (nSPS) is 24.0. The topological polar surface area (TPSA) is 52.6 Å². The number of allylic oxidation sites excluding steroid dienone is 1. The fourth-order valence-corrected chi connectivity index (χ4v) is 6.44. The molecule has 1 saturated carbocycles. The van der Waals surface area contributed by atoms with Gasteiger partial charge >= 0.3 is 0 Å². The van der Waals surface area contributed by atoms with Crippen LogP contribution in [0, 0.1) is 23.7 Å². The van der Waals surface area contributed by atoms with Crippen LogP contribution >= 0.6 is 0 Å². The second kappa shape index (κ2) is 11.5. The molecule has 5 heteroatoms. The van der Waals surface area contributed by atoms with Gasteiger partial charge in [0.25, 0.3) is 0 Å². The van der Waals surface area contributed by atoms with E-state index in [4.69, 9.17) is 9.16 Å². The van der Waals surface area contributed by atoms with Crippen LogP contribution in [-0.4, -0.2) is 32.1 Å². The van der Waals surface area contributed by atoms with E-state index in [9.17, 15) is 9.59 Å². The first-order chi connectivity index (χ1) is 16.9. The number of hydrogen-bond donors (Lipinski definition) is 0. The summed E-state index contributed by atoms with van der Waals surface area (Å²) in [5.74, 6) is 7.36. The lowest BCUT2D eigenvalue weighted by atomic mass is 9.86. The summed E-state index contributed by atoms with van der Waals surface area (Å²) in [5.41, 5.74) is 2.39. The third kappa shape index (κ3) is 6.39. The van der Waals surface area contributed by atoms with Gasteiger partial charge in [0.15, 0.2) is 14.1 Å². The van der Waals surface area contributed by atoms with Crippen molar-refractivity contribution < 1.29 is 18.8 Å². The van der Waals surface area contributed by atoms with Crippen LogP contribution in [0.4, 0.5) is 0 Å². The minimum Gasteiger partial charge on any atom is -0.489 e. The highest BCUT2D eigenvalue weighted by molar-refractivity contribution is 6.74. The number of aryl methyl sites for hydroxylation is 1. The molecule has 196 valence electrons. The van der Waals surface area contributed by atoms with Crippen molar-refractivity contribution in [3.05, 3.63) is 41.5 Å². The highest BCUT2D eigenvalue weighted by Gasteiger charge is 2.52. The van der Waals surface area contributed by atoms with E-state index in [0.717, 1.165) is 25.0 Å². The number of carbonyl (C=O) groups excluding carboxylic acids is 2. The molecule has 3 rings (SSSR count). The van der Waals surface area contributed by atoms with Gasteiger partial charge in [0.05, 0.1) is 6.10 Å². The molecule has 0 amide bonds. The van der Waals surface area contributed by atoms with Crippen molar-refractivity contribution in [1.29, 1.82) is 0 Å². The number of rotatable bonds is 10. The molecule has 1 aromatic carbocycles. The van der Waals surface area contributed by atoms with Crippen LogP contribution < -0.4 is 4.74 Å². The third-order valence-corrected chi connectivity index (χ3v) is 12.7. The molecular weight excluding hydrogens is 464 g/mol. The Morgan fingerprint density at radius 1 is 1.28 bits per heavy atom. The highest BCUT2D eigenvalue weighted by atomic mass is 28.4. The second-order valence-corrected chi connectivity index (χ2v) is 16.9. The third-order valence-electron chi connectivity index (χ3n) is 8.25. The quantitative estimate of drug-likeness (QED) is 0.193. The maximum absolute atomic E-state index is 12.9. The Hall–Kier alpha value is -2.16. The maximum atomic E-state index is 12.9. The van der Waals surface area contributed by atoms with Crippen molar-refractivity contribution in [2.24, 2.45) is 11.8 Å². The van der Waals surface area contributed by atoms with Crippen molar-refractivity contribution in [3.8, 4) is 17.6 Å². The van der Waals surface area contributed by atoms with E-state index in [-0.39, 0.29) is 46.6 Å². The van der Waals surface area contributed by atoms with E-state index in [1.54, 1.807) is 19.9 Å². The monoisotopic (exact) mass is 508 g/mol. The van der Waals surface area contributed by atoms with Crippen molar-refractivity contribution in [2.45, 2.75) is 110 Å². The fourth-order valence-electron chi connectivity index (χ4n) is 5.08. The Labute approximate surface area is 219 Å². The molecule has 4 nitrogen and oxygen atoms in total. The van der Waals surface area contributed by atoms with Crippen molar-refractivity contribution in [2.75, 3.05) is 0 Å². The van der Waals surface area contributed by atoms with Gasteiger partial charge in [0.1, 0.15) is 17.6 Å². The predicted molar refractivity (Wildman–Crippen MR) is 149 cm³/mol. The van der Waals surface area contributed by atoms with Gasteiger partial charge in [0, 0.05) is 42.6 Å². The molecule has 0 radical (unpaired) electrons. The molecule has 0 saturated heterocycles. The van der Waals surface area contributed by atoms with Crippen LogP contribution in [0.25, 0.3) is 0 Å². The molecule has 1 aromatic rings. The molecule has 0 unspecified atom stereocenters. The molecule has 5 atom stereocenters. The summed E-state index contributed by atoms with van der Waals surface area (Å²) in [6, 6.07) is 6.40.